The predicted molar refractivity (Wildman–Crippen MR) is 61.2 cm³/mol. The molecule has 0 spiro atoms. The number of fused-ring (bicyclic) bond motifs is 1. The number of rotatable bonds is 0. The van der Waals surface area contributed by atoms with Crippen molar-refractivity contribution < 1.29 is 0 Å². The van der Waals surface area contributed by atoms with Gasteiger partial charge in [0.1, 0.15) is 0 Å². The summed E-state index contributed by atoms with van der Waals surface area (Å²) in [5.41, 5.74) is 2.86. The summed E-state index contributed by atoms with van der Waals surface area (Å²) in [5.74, 6) is 0. The van der Waals surface area contributed by atoms with E-state index >= 15 is 0 Å². The molecule has 2 rings (SSSR count). The van der Waals surface area contributed by atoms with Gasteiger partial charge in [-0.3, -0.25) is 4.98 Å². The van der Waals surface area contributed by atoms with Crippen LogP contribution in [0.2, 0.25) is 10.0 Å². The molecule has 1 nitrogen and oxygen atoms in total. The summed E-state index contributed by atoms with van der Waals surface area (Å²) in [7, 11) is 0. The molecule has 0 radical (unpaired) electrons. The lowest BCUT2D eigenvalue weighted by molar-refractivity contribution is 1.23. The van der Waals surface area contributed by atoms with Crippen LogP contribution in [0.4, 0.5) is 0 Å². The van der Waals surface area contributed by atoms with Gasteiger partial charge < -0.3 is 0 Å². The van der Waals surface area contributed by atoms with Crippen LogP contribution in [0.25, 0.3) is 10.9 Å². The molecule has 0 saturated carbocycles. The topological polar surface area (TPSA) is 12.9 Å². The third kappa shape index (κ3) is 1.47. The molecule has 0 saturated heterocycles. The summed E-state index contributed by atoms with van der Waals surface area (Å²) in [4.78, 5) is 4.38. The van der Waals surface area contributed by atoms with Gasteiger partial charge in [-0.25, -0.2) is 0 Å². The number of pyridine rings is 1. The zero-order valence-corrected chi connectivity index (χ0v) is 9.45. The summed E-state index contributed by atoms with van der Waals surface area (Å²) in [5, 5.41) is 2.30. The molecule has 0 atom stereocenters. The summed E-state index contributed by atoms with van der Waals surface area (Å²) < 4.78 is 0. The minimum absolute atomic E-state index is 0.649. The molecule has 0 unspecified atom stereocenters. The van der Waals surface area contributed by atoms with E-state index in [1.807, 2.05) is 19.9 Å². The first kappa shape index (κ1) is 9.75. The predicted octanol–water partition coefficient (Wildman–Crippen LogP) is 4.16. The van der Waals surface area contributed by atoms with Crippen LogP contribution in [-0.4, -0.2) is 4.98 Å². The maximum Gasteiger partial charge on any atom is 0.0908 e. The maximum atomic E-state index is 6.09. The van der Waals surface area contributed by atoms with Crippen molar-refractivity contribution in [2.45, 2.75) is 13.8 Å². The van der Waals surface area contributed by atoms with Gasteiger partial charge in [-0.2, -0.15) is 0 Å². The van der Waals surface area contributed by atoms with Gasteiger partial charge in [0, 0.05) is 11.1 Å². The van der Waals surface area contributed by atoms with Gasteiger partial charge in [-0.1, -0.05) is 23.2 Å². The zero-order chi connectivity index (χ0) is 10.3. The fourth-order valence-electron chi connectivity index (χ4n) is 1.62. The Kier molecular flexibility index (Phi) is 2.38. The van der Waals surface area contributed by atoms with E-state index in [1.54, 1.807) is 12.1 Å². The molecule has 0 amide bonds. The highest BCUT2D eigenvalue weighted by Crippen LogP contribution is 2.30. The highest BCUT2D eigenvalue weighted by Gasteiger charge is 2.07. The van der Waals surface area contributed by atoms with Gasteiger partial charge in [0.15, 0.2) is 0 Å². The first-order valence-electron chi connectivity index (χ1n) is 4.31. The Morgan fingerprint density at radius 3 is 2.43 bits per heavy atom. The molecule has 72 valence electrons. The number of hydrogen-bond acceptors (Lipinski definition) is 1. The lowest BCUT2D eigenvalue weighted by atomic mass is 10.1. The van der Waals surface area contributed by atoms with Crippen LogP contribution in [0.1, 0.15) is 11.3 Å². The van der Waals surface area contributed by atoms with E-state index in [2.05, 4.69) is 4.98 Å². The average Bonchev–Trinajstić information content (AvgIpc) is 2.10. The second-order valence-electron chi connectivity index (χ2n) is 3.33. The van der Waals surface area contributed by atoms with Crippen LogP contribution in [0.15, 0.2) is 18.2 Å². The highest BCUT2D eigenvalue weighted by atomic mass is 35.5. The quantitative estimate of drug-likeness (QED) is 0.657. The molecular formula is C11H9Cl2N. The van der Waals surface area contributed by atoms with Crippen molar-refractivity contribution in [1.82, 2.24) is 4.98 Å². The molecule has 1 aromatic carbocycles. The van der Waals surface area contributed by atoms with Gasteiger partial charge >= 0.3 is 0 Å². The Balaban J connectivity index is 3.00. The molecule has 0 fully saturated rings. The number of hydrogen-bond donors (Lipinski definition) is 0. The third-order valence-electron chi connectivity index (χ3n) is 2.19. The summed E-state index contributed by atoms with van der Waals surface area (Å²) in [6, 6.07) is 5.58. The molecular weight excluding hydrogens is 217 g/mol. The Bertz CT molecular complexity index is 506. The van der Waals surface area contributed by atoms with E-state index in [1.165, 1.54) is 0 Å². The largest absolute Gasteiger partial charge is 0.251 e. The molecule has 1 aromatic heterocycles. The Hall–Kier alpha value is -0.790. The molecule has 14 heavy (non-hydrogen) atoms. The maximum absolute atomic E-state index is 6.09. The lowest BCUT2D eigenvalue weighted by Gasteiger charge is -2.06. The van der Waals surface area contributed by atoms with Crippen molar-refractivity contribution in [1.29, 1.82) is 0 Å². The SMILES string of the molecule is Cc1cc(C)c2c(Cl)ccc(Cl)c2n1. The van der Waals surface area contributed by atoms with Crippen molar-refractivity contribution in [3.63, 3.8) is 0 Å². The number of aromatic nitrogens is 1. The van der Waals surface area contributed by atoms with E-state index in [-0.39, 0.29) is 0 Å². The van der Waals surface area contributed by atoms with Crippen LogP contribution in [0, 0.1) is 13.8 Å². The van der Waals surface area contributed by atoms with Crippen molar-refractivity contribution >= 4 is 34.1 Å². The summed E-state index contributed by atoms with van der Waals surface area (Å²) in [6.45, 7) is 3.96. The third-order valence-corrected chi connectivity index (χ3v) is 2.81. The normalized spacial score (nSPS) is 10.9. The second kappa shape index (κ2) is 3.41. The minimum Gasteiger partial charge on any atom is -0.251 e. The van der Waals surface area contributed by atoms with Gasteiger partial charge in [-0.15, -0.1) is 0 Å². The van der Waals surface area contributed by atoms with Gasteiger partial charge in [-0.05, 0) is 37.6 Å². The number of aryl methyl sites for hydroxylation is 2. The molecule has 3 heteroatoms. The number of nitrogens with zero attached hydrogens (tertiary/aromatic N) is 1. The van der Waals surface area contributed by atoms with E-state index < -0.39 is 0 Å². The molecule has 0 aliphatic heterocycles. The highest BCUT2D eigenvalue weighted by molar-refractivity contribution is 6.40. The fraction of sp³-hybridized carbons (Fsp3) is 0.182. The zero-order valence-electron chi connectivity index (χ0n) is 7.94. The Morgan fingerprint density at radius 2 is 1.71 bits per heavy atom. The Morgan fingerprint density at radius 1 is 1.07 bits per heavy atom. The number of benzene rings is 1. The molecule has 2 aromatic rings. The van der Waals surface area contributed by atoms with E-state index in [0.717, 1.165) is 22.2 Å². The molecule has 0 N–H and O–H groups in total. The smallest absolute Gasteiger partial charge is 0.0908 e. The van der Waals surface area contributed by atoms with E-state index in [4.69, 9.17) is 23.2 Å². The van der Waals surface area contributed by atoms with Crippen LogP contribution < -0.4 is 0 Å². The second-order valence-corrected chi connectivity index (χ2v) is 4.15. The number of halogens is 2. The van der Waals surface area contributed by atoms with Crippen LogP contribution >= 0.6 is 23.2 Å². The van der Waals surface area contributed by atoms with Gasteiger partial charge in [0.2, 0.25) is 0 Å². The van der Waals surface area contributed by atoms with E-state index in [0.29, 0.717) is 10.0 Å². The van der Waals surface area contributed by atoms with Crippen molar-refractivity contribution in [2.75, 3.05) is 0 Å². The van der Waals surface area contributed by atoms with Crippen LogP contribution in [-0.2, 0) is 0 Å². The van der Waals surface area contributed by atoms with Crippen LogP contribution in [0.5, 0.6) is 0 Å². The average molecular weight is 226 g/mol. The standard InChI is InChI=1S/C11H9Cl2N/c1-6-5-7(2)14-11-9(13)4-3-8(12)10(6)11/h3-5H,1-2H3. The monoisotopic (exact) mass is 225 g/mol. The minimum atomic E-state index is 0.649. The van der Waals surface area contributed by atoms with Crippen LogP contribution in [0.3, 0.4) is 0 Å². The first-order chi connectivity index (χ1) is 6.59. The van der Waals surface area contributed by atoms with Gasteiger partial charge in [0.25, 0.3) is 0 Å². The summed E-state index contributed by atoms with van der Waals surface area (Å²) in [6.07, 6.45) is 0. The summed E-state index contributed by atoms with van der Waals surface area (Å²) >= 11 is 12.1. The molecule has 0 bridgehead atoms. The van der Waals surface area contributed by atoms with Crippen molar-refractivity contribution in [2.24, 2.45) is 0 Å². The van der Waals surface area contributed by atoms with E-state index in [9.17, 15) is 0 Å². The molecule has 0 aliphatic carbocycles. The Labute approximate surface area is 92.7 Å². The fourth-order valence-corrected chi connectivity index (χ4v) is 2.12. The van der Waals surface area contributed by atoms with Gasteiger partial charge in [0.05, 0.1) is 15.6 Å². The van der Waals surface area contributed by atoms with Crippen molar-refractivity contribution in [3.8, 4) is 0 Å². The molecule has 1 heterocycles. The molecule has 0 aliphatic rings. The first-order valence-corrected chi connectivity index (χ1v) is 5.07. The van der Waals surface area contributed by atoms with Crippen molar-refractivity contribution in [3.05, 3.63) is 39.5 Å². The lowest BCUT2D eigenvalue weighted by Crippen LogP contribution is -1.88.